The second-order valence-corrected chi connectivity index (χ2v) is 12.9. The highest BCUT2D eigenvalue weighted by Gasteiger charge is 2.30. The maximum absolute atomic E-state index is 12.9. The molecule has 1 fully saturated rings. The van der Waals surface area contributed by atoms with Gasteiger partial charge in [-0.3, -0.25) is 9.78 Å². The number of sulfone groups is 1. The minimum Gasteiger partial charge on any atom is -0.396 e. The first-order valence-electron chi connectivity index (χ1n) is 13.8. The van der Waals surface area contributed by atoms with Crippen LogP contribution in [0.15, 0.2) is 59.6 Å². The molecular weight excluding hydrogens is 554 g/mol. The lowest BCUT2D eigenvalue weighted by Crippen LogP contribution is -2.45. The van der Waals surface area contributed by atoms with E-state index in [1.54, 1.807) is 25.3 Å². The van der Waals surface area contributed by atoms with Gasteiger partial charge in [0.2, 0.25) is 5.91 Å². The molecule has 1 aromatic carbocycles. The topological polar surface area (TPSA) is 149 Å². The molecule has 4 aromatic rings. The zero-order chi connectivity index (χ0) is 30.2. The summed E-state index contributed by atoms with van der Waals surface area (Å²) in [6.45, 7) is 7.00. The van der Waals surface area contributed by atoms with Gasteiger partial charge in [0.05, 0.1) is 39.7 Å². The van der Waals surface area contributed by atoms with Gasteiger partial charge in [-0.05, 0) is 74.7 Å². The minimum atomic E-state index is -3.75. The molecular formula is C31H35N5O5S. The number of pyridine rings is 3. The average Bonchev–Trinajstić information content (AvgIpc) is 2.94. The Kier molecular flexibility index (Phi) is 8.27. The summed E-state index contributed by atoms with van der Waals surface area (Å²) in [5.74, 6) is -0.626. The van der Waals surface area contributed by atoms with Crippen molar-refractivity contribution in [3.63, 3.8) is 0 Å². The highest BCUT2D eigenvalue weighted by Crippen LogP contribution is 2.37. The molecule has 1 saturated heterocycles. The van der Waals surface area contributed by atoms with Crippen LogP contribution in [0.25, 0.3) is 22.3 Å². The predicted molar refractivity (Wildman–Crippen MR) is 161 cm³/mol. The number of morpholine rings is 1. The Morgan fingerprint density at radius 2 is 1.81 bits per heavy atom. The monoisotopic (exact) mass is 589 g/mol. The van der Waals surface area contributed by atoms with E-state index in [2.05, 4.69) is 23.7 Å². The van der Waals surface area contributed by atoms with Crippen molar-refractivity contribution < 1.29 is 23.1 Å². The van der Waals surface area contributed by atoms with E-state index in [0.717, 1.165) is 30.5 Å². The number of aryl methyl sites for hydroxylation is 1. The second-order valence-electron chi connectivity index (χ2n) is 10.9. The molecule has 0 aliphatic carbocycles. The predicted octanol–water partition coefficient (Wildman–Crippen LogP) is 3.63. The van der Waals surface area contributed by atoms with E-state index in [1.807, 2.05) is 30.3 Å². The summed E-state index contributed by atoms with van der Waals surface area (Å²) < 4.78 is 31.7. The maximum atomic E-state index is 12.9. The number of nitrogens with zero attached hydrogens (tertiary/aromatic N) is 4. The summed E-state index contributed by atoms with van der Waals surface area (Å²) >= 11 is 0. The fourth-order valence-electron chi connectivity index (χ4n) is 5.80. The summed E-state index contributed by atoms with van der Waals surface area (Å²) in [6.07, 6.45) is 3.09. The highest BCUT2D eigenvalue weighted by molar-refractivity contribution is 7.90. The molecule has 1 aliphatic rings. The van der Waals surface area contributed by atoms with E-state index >= 15 is 0 Å². The molecule has 0 spiro atoms. The Bertz CT molecular complexity index is 1750. The van der Waals surface area contributed by atoms with Crippen LogP contribution in [0.5, 0.6) is 0 Å². The summed E-state index contributed by atoms with van der Waals surface area (Å²) in [5.41, 5.74) is 8.97. The molecule has 5 rings (SSSR count). The van der Waals surface area contributed by atoms with Crippen LogP contribution in [-0.2, 0) is 14.6 Å². The number of ether oxygens (including phenoxy) is 1. The third-order valence-electron chi connectivity index (χ3n) is 7.49. The number of primary amides is 1. The number of nitrogens with two attached hydrogens (primary N) is 1. The van der Waals surface area contributed by atoms with Gasteiger partial charge in [0.15, 0.2) is 9.84 Å². The molecule has 220 valence electrons. The molecule has 3 aromatic heterocycles. The number of amides is 1. The minimum absolute atomic E-state index is 0.0219. The number of hydrogen-bond donors (Lipinski definition) is 2. The van der Waals surface area contributed by atoms with Crippen LogP contribution in [0.2, 0.25) is 0 Å². The van der Waals surface area contributed by atoms with Crippen LogP contribution in [0.4, 0.5) is 5.82 Å². The quantitative estimate of drug-likeness (QED) is 0.314. The van der Waals surface area contributed by atoms with Crippen LogP contribution in [-0.4, -0.2) is 72.5 Å². The number of rotatable bonds is 8. The van der Waals surface area contributed by atoms with Gasteiger partial charge in [0.25, 0.3) is 0 Å². The van der Waals surface area contributed by atoms with Crippen molar-refractivity contribution in [1.82, 2.24) is 15.0 Å². The lowest BCUT2D eigenvalue weighted by atomic mass is 9.87. The normalized spacial score (nSPS) is 18.3. The number of aliphatic hydroxyl groups is 1. The molecule has 3 atom stereocenters. The van der Waals surface area contributed by atoms with Crippen molar-refractivity contribution in [1.29, 1.82) is 0 Å². The van der Waals surface area contributed by atoms with Crippen molar-refractivity contribution in [2.24, 2.45) is 5.73 Å². The van der Waals surface area contributed by atoms with E-state index in [1.165, 1.54) is 6.07 Å². The van der Waals surface area contributed by atoms with Crippen molar-refractivity contribution in [2.75, 3.05) is 30.9 Å². The van der Waals surface area contributed by atoms with Crippen molar-refractivity contribution in [3.05, 3.63) is 77.1 Å². The number of hydrogen-bond acceptors (Lipinski definition) is 9. The molecule has 0 bridgehead atoms. The Balaban J connectivity index is 1.60. The summed E-state index contributed by atoms with van der Waals surface area (Å²) in [7, 11) is -3.75. The average molecular weight is 590 g/mol. The van der Waals surface area contributed by atoms with Crippen molar-refractivity contribution >= 4 is 32.5 Å². The van der Waals surface area contributed by atoms with Crippen molar-refractivity contribution in [3.8, 4) is 11.4 Å². The molecule has 10 nitrogen and oxygen atoms in total. The zero-order valence-electron chi connectivity index (χ0n) is 24.1. The molecule has 11 heteroatoms. The number of anilines is 1. The van der Waals surface area contributed by atoms with Gasteiger partial charge in [-0.15, -0.1) is 0 Å². The van der Waals surface area contributed by atoms with E-state index in [-0.39, 0.29) is 41.3 Å². The van der Waals surface area contributed by atoms with Gasteiger partial charge in [-0.2, -0.15) is 0 Å². The lowest BCUT2D eigenvalue weighted by Gasteiger charge is -2.36. The molecule has 1 aliphatic heterocycles. The first kappa shape index (κ1) is 29.6. The fourth-order valence-corrected chi connectivity index (χ4v) is 7.11. The van der Waals surface area contributed by atoms with Gasteiger partial charge >= 0.3 is 0 Å². The van der Waals surface area contributed by atoms with Gasteiger partial charge in [0, 0.05) is 49.0 Å². The number of aliphatic hydroxyl groups excluding tert-OH is 1. The Morgan fingerprint density at radius 3 is 2.48 bits per heavy atom. The van der Waals surface area contributed by atoms with Crippen LogP contribution < -0.4 is 10.6 Å². The SMILES string of the molecule is Cc1ccc(C(N)=O)c([C@H](CCO)c2cc3nc(-c4cccc(N5C[C@@H](C)O[C@@H](C)C5)n4)ccc3cn2)c1S(C)(=O)=O. The van der Waals surface area contributed by atoms with Crippen LogP contribution in [0.3, 0.4) is 0 Å². The zero-order valence-corrected chi connectivity index (χ0v) is 24.9. The van der Waals surface area contributed by atoms with E-state index in [9.17, 15) is 18.3 Å². The lowest BCUT2D eigenvalue weighted by molar-refractivity contribution is -0.00545. The molecule has 0 unspecified atom stereocenters. The number of benzene rings is 1. The number of aromatic nitrogens is 3. The largest absolute Gasteiger partial charge is 0.396 e. The summed E-state index contributed by atoms with van der Waals surface area (Å²) in [5, 5.41) is 10.8. The van der Waals surface area contributed by atoms with Crippen LogP contribution in [0, 0.1) is 6.92 Å². The number of fused-ring (bicyclic) bond motifs is 1. The van der Waals surface area contributed by atoms with Gasteiger partial charge in [0.1, 0.15) is 5.82 Å². The molecule has 4 heterocycles. The summed E-state index contributed by atoms with van der Waals surface area (Å²) in [4.78, 5) is 29.1. The fraction of sp³-hybridized carbons (Fsp3) is 0.355. The van der Waals surface area contributed by atoms with Gasteiger partial charge in [-0.1, -0.05) is 12.1 Å². The molecule has 1 amide bonds. The third-order valence-corrected chi connectivity index (χ3v) is 8.77. The number of carbonyl (C=O) groups is 1. The Labute approximate surface area is 245 Å². The third kappa shape index (κ3) is 5.99. The van der Waals surface area contributed by atoms with E-state index < -0.39 is 21.7 Å². The maximum Gasteiger partial charge on any atom is 0.249 e. The molecule has 0 saturated carbocycles. The standard InChI is InChI=1S/C31H35N5O5S/c1-18-8-10-23(31(32)38)29(30(18)42(4,39)40)22(12-13-37)27-14-26-21(15-33-27)9-11-25(34-26)24-6-5-7-28(35-24)36-16-19(2)41-20(3)17-36/h5-11,14-15,19-20,22,37H,12-13,16-17H2,1-4H3,(H2,32,38)/t19-,20+,22-/m1/s1. The smallest absolute Gasteiger partial charge is 0.249 e. The van der Waals surface area contributed by atoms with Crippen LogP contribution >= 0.6 is 0 Å². The first-order chi connectivity index (χ1) is 20.0. The molecule has 3 N–H and O–H groups in total. The summed E-state index contributed by atoms with van der Waals surface area (Å²) in [6, 6.07) is 14.5. The van der Waals surface area contributed by atoms with Crippen molar-refractivity contribution in [2.45, 2.75) is 50.2 Å². The first-order valence-corrected chi connectivity index (χ1v) is 15.7. The second kappa shape index (κ2) is 11.7. The van der Waals surface area contributed by atoms with Gasteiger partial charge < -0.3 is 20.5 Å². The molecule has 42 heavy (non-hydrogen) atoms. The molecule has 0 radical (unpaired) electrons. The Morgan fingerprint density at radius 1 is 1.10 bits per heavy atom. The van der Waals surface area contributed by atoms with E-state index in [0.29, 0.717) is 28.2 Å². The van der Waals surface area contributed by atoms with Gasteiger partial charge in [-0.25, -0.2) is 18.4 Å². The Hall–Kier alpha value is -3.93. The van der Waals surface area contributed by atoms with E-state index in [4.69, 9.17) is 20.4 Å². The van der Waals surface area contributed by atoms with Crippen LogP contribution in [0.1, 0.15) is 53.4 Å². The number of carbonyl (C=O) groups excluding carboxylic acids is 1. The highest BCUT2D eigenvalue weighted by atomic mass is 32.2.